The van der Waals surface area contributed by atoms with Crippen molar-refractivity contribution in [2.45, 2.75) is 18.2 Å². The van der Waals surface area contributed by atoms with Crippen molar-refractivity contribution >= 4 is 24.0 Å². The number of aryl methyl sites for hydroxylation is 1. The van der Waals surface area contributed by atoms with E-state index in [1.807, 2.05) is 6.07 Å². The van der Waals surface area contributed by atoms with Gasteiger partial charge in [-0.05, 0) is 17.9 Å². The minimum atomic E-state index is 1.11. The van der Waals surface area contributed by atoms with Crippen LogP contribution in [0.4, 0.5) is 0 Å². The molecule has 1 rings (SSSR count). The number of hydrogen-bond acceptors (Lipinski definition) is 2. The predicted molar refractivity (Wildman–Crippen MR) is 40.9 cm³/mol. The van der Waals surface area contributed by atoms with Gasteiger partial charge in [0.2, 0.25) is 0 Å². The van der Waals surface area contributed by atoms with Gasteiger partial charge in [-0.1, -0.05) is 6.92 Å². The third kappa shape index (κ3) is 1.06. The number of thiol groups is 1. The zero-order valence-corrected chi connectivity index (χ0v) is 6.43. The molecule has 1 aromatic rings. The van der Waals surface area contributed by atoms with Gasteiger partial charge in [0.1, 0.15) is 0 Å². The van der Waals surface area contributed by atoms with Crippen molar-refractivity contribution in [1.82, 2.24) is 0 Å². The molecule has 1 aromatic heterocycles. The summed E-state index contributed by atoms with van der Waals surface area (Å²) in [6, 6.07) is 2.03. The van der Waals surface area contributed by atoms with Crippen LogP contribution in [-0.2, 0) is 6.42 Å². The molecule has 0 nitrogen and oxygen atoms in total. The molecule has 0 aliphatic carbocycles. The first-order valence-corrected chi connectivity index (χ1v) is 3.92. The standard InChI is InChI=1S/C6H8S2/c1-2-6-5(7)3-4-8-6/h3-4,7H,2H2,1H3. The summed E-state index contributed by atoms with van der Waals surface area (Å²) in [6.45, 7) is 2.14. The molecule has 2 heteroatoms. The Balaban J connectivity index is 2.92. The first-order chi connectivity index (χ1) is 3.84. The second-order valence-electron chi connectivity index (χ2n) is 1.58. The summed E-state index contributed by atoms with van der Waals surface area (Å²) in [6.07, 6.45) is 1.11. The van der Waals surface area contributed by atoms with Gasteiger partial charge < -0.3 is 0 Å². The van der Waals surface area contributed by atoms with Gasteiger partial charge in [0, 0.05) is 9.77 Å². The van der Waals surface area contributed by atoms with E-state index < -0.39 is 0 Å². The van der Waals surface area contributed by atoms with E-state index in [2.05, 4.69) is 24.9 Å². The van der Waals surface area contributed by atoms with Crippen molar-refractivity contribution in [3.8, 4) is 0 Å². The van der Waals surface area contributed by atoms with Crippen molar-refractivity contribution in [3.05, 3.63) is 16.3 Å². The van der Waals surface area contributed by atoms with Crippen LogP contribution in [0.2, 0.25) is 0 Å². The van der Waals surface area contributed by atoms with Crippen molar-refractivity contribution < 1.29 is 0 Å². The molecule has 0 amide bonds. The minimum Gasteiger partial charge on any atom is -0.148 e. The van der Waals surface area contributed by atoms with Crippen LogP contribution in [0, 0.1) is 0 Å². The Hall–Kier alpha value is 0.0500. The Bertz CT molecular complexity index is 167. The molecule has 0 unspecified atom stereocenters. The summed E-state index contributed by atoms with van der Waals surface area (Å²) >= 11 is 6.01. The third-order valence-corrected chi connectivity index (χ3v) is 2.68. The van der Waals surface area contributed by atoms with Crippen LogP contribution in [0.3, 0.4) is 0 Å². The zero-order chi connectivity index (χ0) is 5.98. The molecule has 0 aliphatic rings. The fraction of sp³-hybridized carbons (Fsp3) is 0.333. The molecule has 8 heavy (non-hydrogen) atoms. The molecule has 0 radical (unpaired) electrons. The molecule has 0 saturated carbocycles. The molecule has 1 heterocycles. The second-order valence-corrected chi connectivity index (χ2v) is 3.07. The monoisotopic (exact) mass is 144 g/mol. The maximum Gasteiger partial charge on any atom is 0.0179 e. The molecular weight excluding hydrogens is 136 g/mol. The fourth-order valence-electron chi connectivity index (χ4n) is 0.598. The predicted octanol–water partition coefficient (Wildman–Crippen LogP) is 2.60. The summed E-state index contributed by atoms with van der Waals surface area (Å²) in [7, 11) is 0. The third-order valence-electron chi connectivity index (χ3n) is 1.04. The SMILES string of the molecule is CCc1sccc1S. The topological polar surface area (TPSA) is 0 Å². The Morgan fingerprint density at radius 1 is 1.75 bits per heavy atom. The summed E-state index contributed by atoms with van der Waals surface area (Å²) in [5.74, 6) is 0. The Morgan fingerprint density at radius 2 is 2.50 bits per heavy atom. The van der Waals surface area contributed by atoms with E-state index in [0.29, 0.717) is 0 Å². The van der Waals surface area contributed by atoms with Gasteiger partial charge in [-0.25, -0.2) is 0 Å². The van der Waals surface area contributed by atoms with Crippen LogP contribution < -0.4 is 0 Å². The largest absolute Gasteiger partial charge is 0.148 e. The van der Waals surface area contributed by atoms with E-state index in [9.17, 15) is 0 Å². The summed E-state index contributed by atoms with van der Waals surface area (Å²) < 4.78 is 0. The number of thiophene rings is 1. The highest BCUT2D eigenvalue weighted by atomic mass is 32.1. The molecule has 0 bridgehead atoms. The van der Waals surface area contributed by atoms with Crippen molar-refractivity contribution in [1.29, 1.82) is 0 Å². The Morgan fingerprint density at radius 3 is 2.75 bits per heavy atom. The van der Waals surface area contributed by atoms with Crippen molar-refractivity contribution in [3.63, 3.8) is 0 Å². The Kier molecular flexibility index (Phi) is 1.97. The van der Waals surface area contributed by atoms with Crippen LogP contribution >= 0.6 is 24.0 Å². The first-order valence-electron chi connectivity index (χ1n) is 2.60. The molecule has 0 atom stereocenters. The smallest absolute Gasteiger partial charge is 0.0179 e. The summed E-state index contributed by atoms with van der Waals surface area (Å²) in [5.41, 5.74) is 0. The molecule has 0 aliphatic heterocycles. The first kappa shape index (κ1) is 6.17. The lowest BCUT2D eigenvalue weighted by Crippen LogP contribution is -1.69. The van der Waals surface area contributed by atoms with Gasteiger partial charge in [-0.15, -0.1) is 24.0 Å². The van der Waals surface area contributed by atoms with E-state index in [-0.39, 0.29) is 0 Å². The van der Waals surface area contributed by atoms with Gasteiger partial charge in [-0.2, -0.15) is 0 Å². The molecule has 0 saturated heterocycles. The molecule has 0 aromatic carbocycles. The van der Waals surface area contributed by atoms with Crippen LogP contribution in [0.5, 0.6) is 0 Å². The highest BCUT2D eigenvalue weighted by molar-refractivity contribution is 7.80. The van der Waals surface area contributed by atoms with Gasteiger partial charge in [0.05, 0.1) is 0 Å². The summed E-state index contributed by atoms with van der Waals surface area (Å²) in [5, 5.41) is 2.07. The van der Waals surface area contributed by atoms with Gasteiger partial charge in [0.25, 0.3) is 0 Å². The van der Waals surface area contributed by atoms with Gasteiger partial charge >= 0.3 is 0 Å². The average Bonchev–Trinajstić information content (AvgIpc) is 2.14. The maximum atomic E-state index is 4.24. The Labute approximate surface area is 59.0 Å². The van der Waals surface area contributed by atoms with Crippen molar-refractivity contribution in [2.24, 2.45) is 0 Å². The van der Waals surface area contributed by atoms with Crippen LogP contribution in [0.1, 0.15) is 11.8 Å². The number of hydrogen-bond donors (Lipinski definition) is 1. The average molecular weight is 144 g/mol. The second kappa shape index (κ2) is 2.55. The molecule has 0 spiro atoms. The number of rotatable bonds is 1. The maximum absolute atomic E-state index is 4.24. The van der Waals surface area contributed by atoms with Crippen LogP contribution in [0.15, 0.2) is 16.3 Å². The molecule has 44 valence electrons. The lowest BCUT2D eigenvalue weighted by molar-refractivity contribution is 1.14. The van der Waals surface area contributed by atoms with Crippen LogP contribution in [0.25, 0.3) is 0 Å². The highest BCUT2D eigenvalue weighted by Crippen LogP contribution is 2.19. The fourth-order valence-corrected chi connectivity index (χ4v) is 1.81. The van der Waals surface area contributed by atoms with Gasteiger partial charge in [-0.3, -0.25) is 0 Å². The quantitative estimate of drug-likeness (QED) is 0.575. The minimum absolute atomic E-state index is 1.11. The molecule has 0 N–H and O–H groups in total. The zero-order valence-electron chi connectivity index (χ0n) is 4.72. The van der Waals surface area contributed by atoms with E-state index in [1.54, 1.807) is 11.3 Å². The molecule has 0 fully saturated rings. The molecular formula is C6H8S2. The van der Waals surface area contributed by atoms with Crippen molar-refractivity contribution in [2.75, 3.05) is 0 Å². The normalized spacial score (nSPS) is 9.75. The van der Waals surface area contributed by atoms with E-state index in [1.165, 1.54) is 4.88 Å². The summed E-state index contributed by atoms with van der Waals surface area (Å²) in [4.78, 5) is 2.52. The van der Waals surface area contributed by atoms with E-state index in [4.69, 9.17) is 0 Å². The van der Waals surface area contributed by atoms with E-state index >= 15 is 0 Å². The van der Waals surface area contributed by atoms with Gasteiger partial charge in [0.15, 0.2) is 0 Å². The van der Waals surface area contributed by atoms with Crippen LogP contribution in [-0.4, -0.2) is 0 Å². The lowest BCUT2D eigenvalue weighted by atomic mass is 10.4. The highest BCUT2D eigenvalue weighted by Gasteiger charge is 1.93. The van der Waals surface area contributed by atoms with E-state index in [0.717, 1.165) is 11.3 Å². The lowest BCUT2D eigenvalue weighted by Gasteiger charge is -1.86.